The number of rotatable bonds is 3. The van der Waals surface area contributed by atoms with Gasteiger partial charge < -0.3 is 14.8 Å². The molecule has 0 aliphatic carbocycles. The molecule has 1 aromatic heterocycles. The molecule has 0 bridgehead atoms. The van der Waals surface area contributed by atoms with Gasteiger partial charge in [-0.15, -0.1) is 0 Å². The van der Waals surface area contributed by atoms with Crippen molar-refractivity contribution in [3.05, 3.63) is 22.7 Å². The van der Waals surface area contributed by atoms with Crippen LogP contribution < -0.4 is 4.90 Å². The minimum Gasteiger partial charge on any atom is -0.465 e. The van der Waals surface area contributed by atoms with E-state index in [9.17, 15) is 9.90 Å². The Balaban J connectivity index is 1.85. The molecule has 1 aliphatic heterocycles. The number of aromatic amines is 1. The maximum atomic E-state index is 11.5. The molecule has 2 N–H and O–H groups in total. The molecule has 112 valence electrons. The molecule has 7 heteroatoms. The average molecular weight is 354 g/mol. The third-order valence-corrected chi connectivity index (χ3v) is 4.19. The molecule has 2 heterocycles. The Morgan fingerprint density at radius 1 is 1.48 bits per heavy atom. The highest BCUT2D eigenvalue weighted by Gasteiger charge is 2.24. The van der Waals surface area contributed by atoms with Gasteiger partial charge in [-0.2, -0.15) is 0 Å². The van der Waals surface area contributed by atoms with Crippen molar-refractivity contribution in [2.45, 2.75) is 12.8 Å². The molecule has 0 spiro atoms. The van der Waals surface area contributed by atoms with Crippen molar-refractivity contribution in [1.29, 1.82) is 0 Å². The fraction of sp³-hybridized carbons (Fsp3) is 0.429. The molecule has 0 atom stereocenters. The van der Waals surface area contributed by atoms with Gasteiger partial charge >= 0.3 is 6.09 Å². The monoisotopic (exact) mass is 353 g/mol. The van der Waals surface area contributed by atoms with E-state index >= 15 is 0 Å². The topological polar surface area (TPSA) is 78.4 Å². The number of hydrogen-bond acceptors (Lipinski definition) is 3. The van der Waals surface area contributed by atoms with Crippen LogP contribution in [-0.4, -0.2) is 40.9 Å². The first-order valence-electron chi connectivity index (χ1n) is 6.87. The highest BCUT2D eigenvalue weighted by molar-refractivity contribution is 9.10. The summed E-state index contributed by atoms with van der Waals surface area (Å²) >= 11 is 3.40. The van der Waals surface area contributed by atoms with Crippen LogP contribution in [0.5, 0.6) is 0 Å². The lowest BCUT2D eigenvalue weighted by Gasteiger charge is -2.26. The number of nitrogens with one attached hydrogen (secondary N) is 1. The van der Waals surface area contributed by atoms with Gasteiger partial charge in [-0.25, -0.2) is 14.7 Å². The maximum Gasteiger partial charge on any atom is 0.414 e. The molecule has 2 aromatic rings. The number of amides is 1. The molecule has 1 amide bonds. The molecule has 1 aromatic carbocycles. The fourth-order valence-electron chi connectivity index (χ4n) is 2.54. The van der Waals surface area contributed by atoms with Crippen LogP contribution in [0.3, 0.4) is 0 Å². The van der Waals surface area contributed by atoms with Gasteiger partial charge in [0.1, 0.15) is 0 Å². The summed E-state index contributed by atoms with van der Waals surface area (Å²) in [7, 11) is 0. The number of hydrogen-bond donors (Lipinski definition) is 2. The second-order valence-electron chi connectivity index (χ2n) is 5.17. The maximum absolute atomic E-state index is 11.5. The Morgan fingerprint density at radius 3 is 2.95 bits per heavy atom. The molecule has 0 unspecified atom stereocenters. The Morgan fingerprint density at radius 2 is 2.24 bits per heavy atom. The van der Waals surface area contributed by atoms with Gasteiger partial charge in [0, 0.05) is 24.2 Å². The van der Waals surface area contributed by atoms with Crippen molar-refractivity contribution >= 4 is 39.0 Å². The number of benzene rings is 1. The summed E-state index contributed by atoms with van der Waals surface area (Å²) in [5.41, 5.74) is 1.57. The van der Waals surface area contributed by atoms with Crippen molar-refractivity contribution in [3.63, 3.8) is 0 Å². The molecule has 0 radical (unpaired) electrons. The predicted molar refractivity (Wildman–Crippen MR) is 82.7 cm³/mol. The lowest BCUT2D eigenvalue weighted by atomic mass is 10.00. The number of aromatic nitrogens is 2. The number of imidazole rings is 1. The lowest BCUT2D eigenvalue weighted by Crippen LogP contribution is -2.37. The molecule has 0 saturated carbocycles. The van der Waals surface area contributed by atoms with E-state index in [1.165, 1.54) is 4.90 Å². The molecular formula is C14H16BrN3O3. The average Bonchev–Trinajstić information content (AvgIpc) is 2.88. The summed E-state index contributed by atoms with van der Waals surface area (Å²) in [5, 5.41) is 9.46. The molecule has 21 heavy (non-hydrogen) atoms. The van der Waals surface area contributed by atoms with Crippen LogP contribution in [0.2, 0.25) is 0 Å². The van der Waals surface area contributed by atoms with E-state index in [4.69, 9.17) is 4.74 Å². The van der Waals surface area contributed by atoms with Gasteiger partial charge in [0.15, 0.2) is 0 Å². The Kier molecular flexibility index (Phi) is 4.12. The van der Waals surface area contributed by atoms with Crippen LogP contribution in [0.4, 0.5) is 10.7 Å². The first kappa shape index (κ1) is 14.3. The van der Waals surface area contributed by atoms with Crippen molar-refractivity contribution in [3.8, 4) is 0 Å². The van der Waals surface area contributed by atoms with E-state index < -0.39 is 6.09 Å². The summed E-state index contributed by atoms with van der Waals surface area (Å²) in [6, 6.07) is 5.63. The van der Waals surface area contributed by atoms with Crippen LogP contribution in [0.1, 0.15) is 12.8 Å². The standard InChI is InChI=1S/C14H16BrN3O3/c15-10-1-2-11-12(7-10)17-13(16-11)18(14(19)20)8-9-3-5-21-6-4-9/h1-2,7,9H,3-6,8H2,(H,16,17)(H,19,20). The zero-order valence-electron chi connectivity index (χ0n) is 11.4. The highest BCUT2D eigenvalue weighted by atomic mass is 79.9. The second-order valence-corrected chi connectivity index (χ2v) is 6.09. The minimum atomic E-state index is -0.986. The van der Waals surface area contributed by atoms with E-state index in [-0.39, 0.29) is 0 Å². The largest absolute Gasteiger partial charge is 0.465 e. The highest BCUT2D eigenvalue weighted by Crippen LogP contribution is 2.24. The molecule has 1 saturated heterocycles. The first-order chi connectivity index (χ1) is 10.1. The van der Waals surface area contributed by atoms with Crippen LogP contribution >= 0.6 is 15.9 Å². The van der Waals surface area contributed by atoms with Crippen molar-refractivity contribution in [1.82, 2.24) is 9.97 Å². The van der Waals surface area contributed by atoms with Crippen LogP contribution in [0.25, 0.3) is 11.0 Å². The van der Waals surface area contributed by atoms with Crippen LogP contribution in [-0.2, 0) is 4.74 Å². The van der Waals surface area contributed by atoms with Gasteiger partial charge in [0.05, 0.1) is 11.0 Å². The van der Waals surface area contributed by atoms with E-state index in [1.807, 2.05) is 18.2 Å². The van der Waals surface area contributed by atoms with Gasteiger partial charge in [-0.05, 0) is 37.0 Å². The number of anilines is 1. The predicted octanol–water partition coefficient (Wildman–Crippen LogP) is 3.24. The van der Waals surface area contributed by atoms with Gasteiger partial charge in [-0.1, -0.05) is 15.9 Å². The van der Waals surface area contributed by atoms with Gasteiger partial charge in [0.25, 0.3) is 0 Å². The fourth-order valence-corrected chi connectivity index (χ4v) is 2.90. The summed E-state index contributed by atoms with van der Waals surface area (Å²) in [6.45, 7) is 1.84. The van der Waals surface area contributed by atoms with Crippen molar-refractivity contribution < 1.29 is 14.6 Å². The number of nitrogens with zero attached hydrogens (tertiary/aromatic N) is 2. The third-order valence-electron chi connectivity index (χ3n) is 3.70. The molecule has 3 rings (SSSR count). The summed E-state index contributed by atoms with van der Waals surface area (Å²) < 4.78 is 6.24. The molecule has 6 nitrogen and oxygen atoms in total. The molecule has 1 fully saturated rings. The number of ether oxygens (including phenoxy) is 1. The summed E-state index contributed by atoms with van der Waals surface area (Å²) in [5.74, 6) is 0.692. The Bertz CT molecular complexity index is 652. The second kappa shape index (κ2) is 6.03. The van der Waals surface area contributed by atoms with E-state index in [2.05, 4.69) is 25.9 Å². The molecular weight excluding hydrogens is 338 g/mol. The Labute approximate surface area is 130 Å². The van der Waals surface area contributed by atoms with E-state index in [1.54, 1.807) is 0 Å². The number of fused-ring (bicyclic) bond motifs is 1. The minimum absolute atomic E-state index is 0.315. The normalized spacial score (nSPS) is 16.2. The van der Waals surface area contributed by atoms with E-state index in [0.29, 0.717) is 31.6 Å². The molecule has 1 aliphatic rings. The zero-order chi connectivity index (χ0) is 14.8. The SMILES string of the molecule is O=C(O)N(CC1CCOCC1)c1nc2ccc(Br)cc2[nH]1. The first-order valence-corrected chi connectivity index (χ1v) is 7.66. The van der Waals surface area contributed by atoms with Crippen molar-refractivity contribution in [2.24, 2.45) is 5.92 Å². The summed E-state index contributed by atoms with van der Waals surface area (Å²) in [4.78, 5) is 20.3. The number of carboxylic acid groups (broad SMARTS) is 1. The van der Waals surface area contributed by atoms with E-state index in [0.717, 1.165) is 28.3 Å². The van der Waals surface area contributed by atoms with Crippen LogP contribution in [0, 0.1) is 5.92 Å². The third kappa shape index (κ3) is 3.19. The lowest BCUT2D eigenvalue weighted by molar-refractivity contribution is 0.0679. The number of carbonyl (C=O) groups is 1. The Hall–Kier alpha value is -1.60. The smallest absolute Gasteiger partial charge is 0.414 e. The van der Waals surface area contributed by atoms with Gasteiger partial charge in [0.2, 0.25) is 5.95 Å². The number of halogens is 1. The van der Waals surface area contributed by atoms with Gasteiger partial charge in [-0.3, -0.25) is 0 Å². The zero-order valence-corrected chi connectivity index (χ0v) is 13.0. The van der Waals surface area contributed by atoms with Crippen molar-refractivity contribution in [2.75, 3.05) is 24.7 Å². The number of H-pyrrole nitrogens is 1. The quantitative estimate of drug-likeness (QED) is 0.887. The summed E-state index contributed by atoms with van der Waals surface area (Å²) in [6.07, 6.45) is 0.782. The van der Waals surface area contributed by atoms with Crippen LogP contribution in [0.15, 0.2) is 22.7 Å².